The minimum absolute atomic E-state index is 0.133. The van der Waals surface area contributed by atoms with E-state index in [2.05, 4.69) is 9.71 Å². The maximum Gasteiger partial charge on any atom is 0.262 e. The third kappa shape index (κ3) is 5.64. The van der Waals surface area contributed by atoms with Gasteiger partial charge in [0.2, 0.25) is 0 Å². The molecule has 0 saturated heterocycles. The summed E-state index contributed by atoms with van der Waals surface area (Å²) in [5.74, 6) is 0.594. The first-order chi connectivity index (χ1) is 18.9. The molecular weight excluding hydrogens is 517 g/mol. The van der Waals surface area contributed by atoms with E-state index >= 15 is 4.39 Å². The van der Waals surface area contributed by atoms with Gasteiger partial charge >= 0.3 is 0 Å². The fourth-order valence-corrected chi connectivity index (χ4v) is 5.78. The van der Waals surface area contributed by atoms with E-state index in [-0.39, 0.29) is 17.0 Å². The summed E-state index contributed by atoms with van der Waals surface area (Å²) in [6.07, 6.45) is 2.65. The van der Waals surface area contributed by atoms with Gasteiger partial charge in [0, 0.05) is 29.5 Å². The van der Waals surface area contributed by atoms with Crippen molar-refractivity contribution in [2.45, 2.75) is 17.7 Å². The molecule has 0 aliphatic carbocycles. The van der Waals surface area contributed by atoms with E-state index in [0.29, 0.717) is 47.5 Å². The third-order valence-corrected chi connectivity index (χ3v) is 7.89. The van der Waals surface area contributed by atoms with Crippen LogP contribution in [0.2, 0.25) is 0 Å². The van der Waals surface area contributed by atoms with Gasteiger partial charge in [-0.25, -0.2) is 12.8 Å². The second-order valence-corrected chi connectivity index (χ2v) is 10.7. The second-order valence-electron chi connectivity index (χ2n) is 9.05. The first-order valence-corrected chi connectivity index (χ1v) is 14.0. The number of hydrogen-bond donors (Lipinski definition) is 2. The van der Waals surface area contributed by atoms with Crippen molar-refractivity contribution < 1.29 is 22.3 Å². The fraction of sp³-hybridized carbons (Fsp3) is 0.167. The van der Waals surface area contributed by atoms with Gasteiger partial charge in [-0.1, -0.05) is 42.5 Å². The minimum Gasteiger partial charge on any atom is -0.493 e. The highest BCUT2D eigenvalue weighted by atomic mass is 32.2. The van der Waals surface area contributed by atoms with Crippen molar-refractivity contribution in [3.05, 3.63) is 102 Å². The Labute approximate surface area is 226 Å². The fourth-order valence-electron chi connectivity index (χ4n) is 4.50. The van der Waals surface area contributed by atoms with E-state index in [4.69, 9.17) is 15.2 Å². The molecule has 0 aliphatic heterocycles. The Kier molecular flexibility index (Phi) is 7.63. The number of halogens is 1. The van der Waals surface area contributed by atoms with E-state index in [0.717, 1.165) is 16.3 Å². The molecule has 9 heteroatoms. The molecular formula is C30H28FN3O4S. The Morgan fingerprint density at radius 3 is 2.54 bits per heavy atom. The molecule has 0 fully saturated rings. The van der Waals surface area contributed by atoms with Crippen LogP contribution < -0.4 is 19.9 Å². The largest absolute Gasteiger partial charge is 0.493 e. The van der Waals surface area contributed by atoms with Crippen LogP contribution in [-0.4, -0.2) is 33.7 Å². The van der Waals surface area contributed by atoms with Crippen LogP contribution >= 0.6 is 0 Å². The lowest BCUT2D eigenvalue weighted by Gasteiger charge is -2.14. The topological polar surface area (TPSA) is 104 Å². The van der Waals surface area contributed by atoms with Crippen LogP contribution in [0.5, 0.6) is 11.5 Å². The van der Waals surface area contributed by atoms with Gasteiger partial charge in [0.05, 0.1) is 29.8 Å². The van der Waals surface area contributed by atoms with Gasteiger partial charge in [0.1, 0.15) is 5.82 Å². The van der Waals surface area contributed by atoms with E-state index in [1.807, 2.05) is 30.3 Å². The summed E-state index contributed by atoms with van der Waals surface area (Å²) < 4.78 is 55.4. The van der Waals surface area contributed by atoms with Crippen molar-refractivity contribution in [2.75, 3.05) is 25.0 Å². The summed E-state index contributed by atoms with van der Waals surface area (Å²) in [6.45, 7) is 0.979. The normalized spacial score (nSPS) is 11.6. The number of methoxy groups -OCH3 is 1. The predicted octanol–water partition coefficient (Wildman–Crippen LogP) is 5.65. The van der Waals surface area contributed by atoms with Crippen LogP contribution in [0, 0.1) is 5.82 Å². The predicted molar refractivity (Wildman–Crippen MR) is 151 cm³/mol. The molecule has 5 rings (SSSR count). The Morgan fingerprint density at radius 1 is 0.923 bits per heavy atom. The molecule has 4 aromatic carbocycles. The smallest absolute Gasteiger partial charge is 0.262 e. The lowest BCUT2D eigenvalue weighted by molar-refractivity contribution is 0.292. The molecule has 3 N–H and O–H groups in total. The molecule has 1 heterocycles. The van der Waals surface area contributed by atoms with Gasteiger partial charge in [-0.05, 0) is 59.8 Å². The van der Waals surface area contributed by atoms with Gasteiger partial charge in [0.15, 0.2) is 11.5 Å². The van der Waals surface area contributed by atoms with Crippen LogP contribution in [0.4, 0.5) is 10.1 Å². The lowest BCUT2D eigenvalue weighted by atomic mass is 10.00. The maximum absolute atomic E-state index is 15.2. The van der Waals surface area contributed by atoms with Crippen molar-refractivity contribution >= 4 is 37.4 Å². The summed E-state index contributed by atoms with van der Waals surface area (Å²) in [7, 11) is -2.38. The zero-order valence-corrected chi connectivity index (χ0v) is 22.2. The van der Waals surface area contributed by atoms with Crippen molar-refractivity contribution in [1.82, 2.24) is 4.98 Å². The zero-order valence-electron chi connectivity index (χ0n) is 21.4. The third-order valence-electron chi connectivity index (χ3n) is 6.45. The molecule has 0 unspecified atom stereocenters. The molecule has 0 radical (unpaired) electrons. The summed E-state index contributed by atoms with van der Waals surface area (Å²) in [4.78, 5) is 4.58. The van der Waals surface area contributed by atoms with Crippen molar-refractivity contribution in [2.24, 2.45) is 5.73 Å². The average molecular weight is 546 g/mol. The standard InChI is InChI=1S/C30H28FN3O4S/c1-37-28-18-25-21(12-14-33-27(25)19-29(28)38-15-5-13-32)16-22-10-11-23(17-26(22)31)34-39(35,36)30-9-4-7-20-6-2-3-8-24(20)30/h2-4,6-12,14,17-19,34H,5,13,15-16,32H2,1H3. The molecule has 5 aromatic rings. The highest BCUT2D eigenvalue weighted by Gasteiger charge is 2.19. The quantitative estimate of drug-likeness (QED) is 0.220. The lowest BCUT2D eigenvalue weighted by Crippen LogP contribution is -2.13. The zero-order chi connectivity index (χ0) is 27.4. The van der Waals surface area contributed by atoms with E-state index in [9.17, 15) is 8.42 Å². The van der Waals surface area contributed by atoms with Gasteiger partial charge < -0.3 is 15.2 Å². The van der Waals surface area contributed by atoms with E-state index in [1.165, 1.54) is 12.1 Å². The molecule has 0 aliphatic rings. The Hall–Kier alpha value is -4.21. The number of hydrogen-bond acceptors (Lipinski definition) is 6. The average Bonchev–Trinajstić information content (AvgIpc) is 2.94. The number of fused-ring (bicyclic) bond motifs is 2. The number of rotatable bonds is 10. The number of pyridine rings is 1. The van der Waals surface area contributed by atoms with Crippen LogP contribution in [0.15, 0.2) is 90.0 Å². The van der Waals surface area contributed by atoms with Gasteiger partial charge in [0.25, 0.3) is 10.0 Å². The molecule has 39 heavy (non-hydrogen) atoms. The van der Waals surface area contributed by atoms with Crippen LogP contribution in [0.25, 0.3) is 21.7 Å². The summed E-state index contributed by atoms with van der Waals surface area (Å²) in [6, 6.07) is 22.1. The van der Waals surface area contributed by atoms with Crippen LogP contribution in [-0.2, 0) is 16.4 Å². The maximum atomic E-state index is 15.2. The number of benzene rings is 4. The van der Waals surface area contributed by atoms with Crippen molar-refractivity contribution in [3.8, 4) is 11.5 Å². The first-order valence-electron chi connectivity index (χ1n) is 12.5. The summed E-state index contributed by atoms with van der Waals surface area (Å²) in [5.41, 5.74) is 7.65. The number of anilines is 1. The molecule has 0 bridgehead atoms. The number of nitrogens with one attached hydrogen (secondary N) is 1. The Morgan fingerprint density at radius 2 is 1.74 bits per heavy atom. The molecule has 0 atom stereocenters. The van der Waals surface area contributed by atoms with Crippen molar-refractivity contribution in [1.29, 1.82) is 0 Å². The molecule has 1 aromatic heterocycles. The van der Waals surface area contributed by atoms with E-state index in [1.54, 1.807) is 49.7 Å². The monoisotopic (exact) mass is 545 g/mol. The molecule has 0 amide bonds. The van der Waals surface area contributed by atoms with Crippen LogP contribution in [0.3, 0.4) is 0 Å². The van der Waals surface area contributed by atoms with Gasteiger partial charge in [-0.3, -0.25) is 9.71 Å². The van der Waals surface area contributed by atoms with Gasteiger partial charge in [-0.2, -0.15) is 0 Å². The summed E-state index contributed by atoms with van der Waals surface area (Å²) >= 11 is 0. The number of ether oxygens (including phenoxy) is 2. The number of nitrogens with two attached hydrogens (primary N) is 1. The Balaban J connectivity index is 1.41. The van der Waals surface area contributed by atoms with E-state index < -0.39 is 15.8 Å². The highest BCUT2D eigenvalue weighted by molar-refractivity contribution is 7.93. The Bertz CT molecular complexity index is 1750. The first kappa shape index (κ1) is 26.4. The minimum atomic E-state index is -3.94. The van der Waals surface area contributed by atoms with Crippen molar-refractivity contribution in [3.63, 3.8) is 0 Å². The molecule has 0 saturated carbocycles. The molecule has 200 valence electrons. The molecule has 7 nitrogen and oxygen atoms in total. The van der Waals surface area contributed by atoms with Gasteiger partial charge in [-0.15, -0.1) is 0 Å². The highest BCUT2D eigenvalue weighted by Crippen LogP contribution is 2.34. The number of sulfonamides is 1. The number of nitrogens with zero attached hydrogens (tertiary/aromatic N) is 1. The van der Waals surface area contributed by atoms with Crippen LogP contribution in [0.1, 0.15) is 17.5 Å². The second kappa shape index (κ2) is 11.3. The SMILES string of the molecule is COc1cc2c(Cc3ccc(NS(=O)(=O)c4cccc5ccccc45)cc3F)ccnc2cc1OCCCN. The number of aromatic nitrogens is 1. The summed E-state index contributed by atoms with van der Waals surface area (Å²) in [5, 5.41) is 2.20. The molecule has 0 spiro atoms.